The number of nitrogens with zero attached hydrogens (tertiary/aromatic N) is 1. The molecule has 0 aliphatic heterocycles. The van der Waals surface area contributed by atoms with Crippen LogP contribution in [0.25, 0.3) is 0 Å². The Bertz CT molecular complexity index is 365. The van der Waals surface area contributed by atoms with Gasteiger partial charge in [-0.15, -0.1) is 6.42 Å². The molecule has 1 aromatic rings. The lowest BCUT2D eigenvalue weighted by molar-refractivity contribution is 0.303. The van der Waals surface area contributed by atoms with Gasteiger partial charge in [0.2, 0.25) is 0 Å². The van der Waals surface area contributed by atoms with Gasteiger partial charge in [-0.3, -0.25) is 4.90 Å². The molecule has 1 aromatic carbocycles. The Morgan fingerprint density at radius 1 is 1.29 bits per heavy atom. The van der Waals surface area contributed by atoms with Crippen LogP contribution in [0.4, 0.5) is 5.69 Å². The molecule has 0 atom stereocenters. The van der Waals surface area contributed by atoms with Gasteiger partial charge >= 0.3 is 0 Å². The Hall–Kier alpha value is -1.46. The van der Waals surface area contributed by atoms with Crippen LogP contribution in [0.1, 0.15) is 25.3 Å². The van der Waals surface area contributed by atoms with Crippen LogP contribution < -0.4 is 5.73 Å². The number of nitrogens with two attached hydrogens (primary N) is 1. The fraction of sp³-hybridized carbons (Fsp3) is 0.467. The smallest absolute Gasteiger partial charge is 0.0598 e. The standard InChI is InChI=1S/C15H22N2/c1-3-11-17(12-4-2)13-7-9-14-8-5-6-10-15(14)16/h1,5-6,8,10H,4,7,9,11-13,16H2,2H3. The van der Waals surface area contributed by atoms with Crippen molar-refractivity contribution in [1.82, 2.24) is 4.90 Å². The van der Waals surface area contributed by atoms with E-state index < -0.39 is 0 Å². The molecule has 0 saturated carbocycles. The second-order valence-corrected chi connectivity index (χ2v) is 4.28. The number of anilines is 1. The van der Waals surface area contributed by atoms with Crippen molar-refractivity contribution in [3.63, 3.8) is 0 Å². The van der Waals surface area contributed by atoms with Crippen molar-refractivity contribution in [3.8, 4) is 12.3 Å². The third-order valence-electron chi connectivity index (χ3n) is 2.83. The molecule has 0 aliphatic carbocycles. The summed E-state index contributed by atoms with van der Waals surface area (Å²) in [5, 5.41) is 0. The van der Waals surface area contributed by atoms with Crippen LogP contribution in [-0.2, 0) is 6.42 Å². The molecule has 0 unspecified atom stereocenters. The highest BCUT2D eigenvalue weighted by Gasteiger charge is 2.03. The van der Waals surface area contributed by atoms with E-state index in [1.165, 1.54) is 5.56 Å². The lowest BCUT2D eigenvalue weighted by Gasteiger charge is -2.18. The Morgan fingerprint density at radius 2 is 2.06 bits per heavy atom. The Kier molecular flexibility index (Phi) is 6.21. The third kappa shape index (κ3) is 4.93. The zero-order valence-corrected chi connectivity index (χ0v) is 10.7. The molecule has 0 fully saturated rings. The normalized spacial score (nSPS) is 10.4. The van der Waals surface area contributed by atoms with Crippen LogP contribution in [0.2, 0.25) is 0 Å². The molecule has 0 saturated heterocycles. The molecule has 2 N–H and O–H groups in total. The highest BCUT2D eigenvalue weighted by atomic mass is 15.1. The van der Waals surface area contributed by atoms with E-state index in [2.05, 4.69) is 23.8 Å². The molecule has 0 heterocycles. The zero-order chi connectivity index (χ0) is 12.5. The van der Waals surface area contributed by atoms with Gasteiger partial charge in [-0.25, -0.2) is 0 Å². The Morgan fingerprint density at radius 3 is 2.71 bits per heavy atom. The van der Waals surface area contributed by atoms with E-state index in [1.807, 2.05) is 18.2 Å². The highest BCUT2D eigenvalue weighted by Crippen LogP contribution is 2.12. The van der Waals surface area contributed by atoms with Gasteiger partial charge in [0.05, 0.1) is 6.54 Å². The van der Waals surface area contributed by atoms with E-state index in [4.69, 9.17) is 12.2 Å². The van der Waals surface area contributed by atoms with Crippen LogP contribution in [0.15, 0.2) is 24.3 Å². The summed E-state index contributed by atoms with van der Waals surface area (Å²) < 4.78 is 0. The fourth-order valence-electron chi connectivity index (χ4n) is 1.97. The van der Waals surface area contributed by atoms with Crippen molar-refractivity contribution >= 4 is 5.69 Å². The fourth-order valence-corrected chi connectivity index (χ4v) is 1.97. The van der Waals surface area contributed by atoms with Gasteiger partial charge in [0, 0.05) is 5.69 Å². The Balaban J connectivity index is 2.36. The maximum atomic E-state index is 5.91. The van der Waals surface area contributed by atoms with Crippen molar-refractivity contribution in [3.05, 3.63) is 29.8 Å². The maximum absolute atomic E-state index is 5.91. The summed E-state index contributed by atoms with van der Waals surface area (Å²) in [6.07, 6.45) is 8.64. The minimum atomic E-state index is 0.748. The van der Waals surface area contributed by atoms with E-state index in [1.54, 1.807) is 0 Å². The van der Waals surface area contributed by atoms with E-state index in [0.717, 1.165) is 44.6 Å². The van der Waals surface area contributed by atoms with E-state index >= 15 is 0 Å². The molecule has 0 amide bonds. The molecule has 0 bridgehead atoms. The number of hydrogen-bond acceptors (Lipinski definition) is 2. The minimum absolute atomic E-state index is 0.748. The van der Waals surface area contributed by atoms with Gasteiger partial charge in [0.25, 0.3) is 0 Å². The first-order chi connectivity index (χ1) is 8.27. The van der Waals surface area contributed by atoms with E-state index in [-0.39, 0.29) is 0 Å². The third-order valence-corrected chi connectivity index (χ3v) is 2.83. The lowest BCUT2D eigenvalue weighted by atomic mass is 10.1. The van der Waals surface area contributed by atoms with Gasteiger partial charge in [0.15, 0.2) is 0 Å². The quantitative estimate of drug-likeness (QED) is 0.576. The molecule has 0 radical (unpaired) electrons. The van der Waals surface area contributed by atoms with Crippen molar-refractivity contribution in [2.24, 2.45) is 0 Å². The average Bonchev–Trinajstić information content (AvgIpc) is 2.32. The number of nitrogen functional groups attached to an aromatic ring is 1. The molecule has 2 heteroatoms. The molecule has 1 rings (SSSR count). The SMILES string of the molecule is C#CCN(CCC)CCCc1ccccc1N. The number of aryl methyl sites for hydroxylation is 1. The second-order valence-electron chi connectivity index (χ2n) is 4.28. The number of para-hydroxylation sites is 1. The largest absolute Gasteiger partial charge is 0.399 e. The summed E-state index contributed by atoms with van der Waals surface area (Å²) in [6.45, 7) is 5.05. The minimum Gasteiger partial charge on any atom is -0.399 e. The first-order valence-electron chi connectivity index (χ1n) is 6.27. The molecule has 0 spiro atoms. The number of benzene rings is 1. The van der Waals surface area contributed by atoms with Crippen LogP contribution in [0.3, 0.4) is 0 Å². The molecule has 17 heavy (non-hydrogen) atoms. The highest BCUT2D eigenvalue weighted by molar-refractivity contribution is 5.46. The number of rotatable bonds is 7. The number of terminal acetylenes is 1. The van der Waals surface area contributed by atoms with Gasteiger partial charge in [-0.2, -0.15) is 0 Å². The summed E-state index contributed by atoms with van der Waals surface area (Å²) in [7, 11) is 0. The average molecular weight is 230 g/mol. The number of hydrogen-bond donors (Lipinski definition) is 1. The van der Waals surface area contributed by atoms with Crippen molar-refractivity contribution < 1.29 is 0 Å². The maximum Gasteiger partial charge on any atom is 0.0598 e. The summed E-state index contributed by atoms with van der Waals surface area (Å²) in [5.74, 6) is 2.71. The topological polar surface area (TPSA) is 29.3 Å². The predicted octanol–water partition coefficient (Wildman–Crippen LogP) is 2.55. The Labute approximate surface area is 105 Å². The van der Waals surface area contributed by atoms with E-state index in [0.29, 0.717) is 0 Å². The lowest BCUT2D eigenvalue weighted by Crippen LogP contribution is -2.26. The zero-order valence-electron chi connectivity index (χ0n) is 10.7. The molecule has 92 valence electrons. The second kappa shape index (κ2) is 7.76. The molecule has 0 aliphatic rings. The van der Waals surface area contributed by atoms with Crippen LogP contribution in [0.5, 0.6) is 0 Å². The molecule has 2 nitrogen and oxygen atoms in total. The van der Waals surface area contributed by atoms with Gasteiger partial charge < -0.3 is 5.73 Å². The molecular weight excluding hydrogens is 208 g/mol. The van der Waals surface area contributed by atoms with Gasteiger partial charge in [-0.05, 0) is 44.0 Å². The van der Waals surface area contributed by atoms with Gasteiger partial charge in [0.1, 0.15) is 0 Å². The van der Waals surface area contributed by atoms with Crippen LogP contribution in [0, 0.1) is 12.3 Å². The first kappa shape index (κ1) is 13.6. The van der Waals surface area contributed by atoms with Crippen molar-refractivity contribution in [1.29, 1.82) is 0 Å². The monoisotopic (exact) mass is 230 g/mol. The first-order valence-corrected chi connectivity index (χ1v) is 6.27. The van der Waals surface area contributed by atoms with E-state index in [9.17, 15) is 0 Å². The van der Waals surface area contributed by atoms with Crippen LogP contribution in [-0.4, -0.2) is 24.5 Å². The summed E-state index contributed by atoms with van der Waals surface area (Å²) in [4.78, 5) is 2.32. The van der Waals surface area contributed by atoms with Gasteiger partial charge in [-0.1, -0.05) is 31.0 Å². The summed E-state index contributed by atoms with van der Waals surface area (Å²) in [6, 6.07) is 8.07. The molecular formula is C15H22N2. The van der Waals surface area contributed by atoms with Crippen molar-refractivity contribution in [2.75, 3.05) is 25.4 Å². The van der Waals surface area contributed by atoms with Crippen molar-refractivity contribution in [2.45, 2.75) is 26.2 Å². The molecule has 0 aromatic heterocycles. The van der Waals surface area contributed by atoms with Crippen LogP contribution >= 0.6 is 0 Å². The summed E-state index contributed by atoms with van der Waals surface area (Å²) in [5.41, 5.74) is 8.04. The summed E-state index contributed by atoms with van der Waals surface area (Å²) >= 11 is 0. The predicted molar refractivity (Wildman–Crippen MR) is 74.7 cm³/mol.